The zero-order valence-electron chi connectivity index (χ0n) is 40.8. The van der Waals surface area contributed by atoms with Crippen molar-refractivity contribution in [3.63, 3.8) is 0 Å². The van der Waals surface area contributed by atoms with E-state index in [1.807, 2.05) is 49.6 Å². The monoisotopic (exact) mass is 950 g/mol. The Morgan fingerprint density at radius 3 is 1.55 bits per heavy atom. The van der Waals surface area contributed by atoms with Gasteiger partial charge in [-0.1, -0.05) is 39.8 Å². The van der Waals surface area contributed by atoms with Gasteiger partial charge in [-0.2, -0.15) is 0 Å². The summed E-state index contributed by atoms with van der Waals surface area (Å²) in [5, 5.41) is 5.47. The molecule has 370 valence electrons. The van der Waals surface area contributed by atoms with Crippen molar-refractivity contribution in [2.45, 2.75) is 102 Å². The Morgan fingerprint density at radius 2 is 1.10 bits per heavy atom. The molecular formula is C51H67N9O9. The predicted octanol–water partition coefficient (Wildman–Crippen LogP) is 7.65. The standard InChI is InChI=1S/C51H67N9O9/c1-30(2)44(56-50(63)66-6)48(61)58-22-8-10-42(58)46-52-36-18-12-32(28-38(36)54-46)40-20-21-41(60(40)34-14-16-35(17-15-34)69-27-26-68-25-24-65-5)33-13-19-37-39(29-33)55-47(53-37)43-11-9-23-59(43)49(62)45(31(3)4)57-51(64)67-7/h12-19,28-31,40-45H,8-11,20-27H2,1-7H3,(H,52,54)(H,53,55)(H,56,63)(H,57,64)/t40-,41?,42?,43+,44+,45?/m1/s1. The fourth-order valence-corrected chi connectivity index (χ4v) is 10.2. The number of rotatable bonds is 18. The first-order valence-electron chi connectivity index (χ1n) is 24.3. The Morgan fingerprint density at radius 1 is 0.623 bits per heavy atom. The number of ether oxygens (including phenoxy) is 5. The maximum Gasteiger partial charge on any atom is 0.407 e. The van der Waals surface area contributed by atoms with Crippen molar-refractivity contribution in [1.82, 2.24) is 40.4 Å². The lowest BCUT2D eigenvalue weighted by atomic mass is 10.0. The van der Waals surface area contributed by atoms with E-state index in [1.165, 1.54) is 14.2 Å². The molecule has 69 heavy (non-hydrogen) atoms. The van der Waals surface area contributed by atoms with Crippen LogP contribution in [0, 0.1) is 11.8 Å². The molecule has 3 aromatic carbocycles. The van der Waals surface area contributed by atoms with Crippen LogP contribution in [0.15, 0.2) is 60.7 Å². The second-order valence-electron chi connectivity index (χ2n) is 18.9. The zero-order chi connectivity index (χ0) is 48.8. The molecule has 0 saturated carbocycles. The average Bonchev–Trinajstić information content (AvgIpc) is 4.21. The summed E-state index contributed by atoms with van der Waals surface area (Å²) in [5.41, 5.74) is 6.72. The molecule has 8 rings (SSSR count). The Kier molecular flexibility index (Phi) is 15.6. The lowest BCUT2D eigenvalue weighted by molar-refractivity contribution is -0.136. The van der Waals surface area contributed by atoms with Crippen molar-refractivity contribution in [3.8, 4) is 5.75 Å². The summed E-state index contributed by atoms with van der Waals surface area (Å²) in [6.45, 7) is 10.7. The van der Waals surface area contributed by atoms with E-state index in [1.54, 1.807) is 7.11 Å². The number of anilines is 1. The number of imidazole rings is 2. The zero-order valence-corrected chi connectivity index (χ0v) is 40.8. The van der Waals surface area contributed by atoms with Crippen LogP contribution in [0.4, 0.5) is 15.3 Å². The molecule has 3 fully saturated rings. The van der Waals surface area contributed by atoms with Gasteiger partial charge in [-0.25, -0.2) is 19.6 Å². The number of amides is 4. The molecule has 3 aliphatic rings. The third-order valence-electron chi connectivity index (χ3n) is 13.8. The van der Waals surface area contributed by atoms with E-state index < -0.39 is 24.3 Å². The quantitative estimate of drug-likeness (QED) is 0.0626. The summed E-state index contributed by atoms with van der Waals surface area (Å²) in [4.78, 5) is 75.6. The molecule has 2 aromatic heterocycles. The lowest BCUT2D eigenvalue weighted by Crippen LogP contribution is -2.51. The van der Waals surface area contributed by atoms with Gasteiger partial charge in [0.05, 0.1) is 80.3 Å². The van der Waals surface area contributed by atoms with E-state index in [2.05, 4.69) is 74.0 Å². The van der Waals surface area contributed by atoms with Crippen molar-refractivity contribution in [2.24, 2.45) is 11.8 Å². The van der Waals surface area contributed by atoms with Gasteiger partial charge in [-0.15, -0.1) is 0 Å². The van der Waals surface area contributed by atoms with Crippen molar-refractivity contribution in [2.75, 3.05) is 65.7 Å². The highest BCUT2D eigenvalue weighted by atomic mass is 16.5. The smallest absolute Gasteiger partial charge is 0.407 e. The molecule has 0 bridgehead atoms. The minimum Gasteiger partial charge on any atom is -0.491 e. The number of H-pyrrole nitrogens is 2. The molecule has 5 aromatic rings. The number of likely N-dealkylation sites (tertiary alicyclic amines) is 2. The van der Waals surface area contributed by atoms with Gasteiger partial charge in [0.2, 0.25) is 11.8 Å². The number of aromatic amines is 2. The highest BCUT2D eigenvalue weighted by molar-refractivity contribution is 5.87. The number of carbonyl (C=O) groups is 4. The normalized spacial score (nSPS) is 20.3. The van der Waals surface area contributed by atoms with Crippen LogP contribution in [0.2, 0.25) is 0 Å². The SMILES string of the molecule is COCCOCCOc1ccc(N2C(c3ccc4nc([C@@H]5CCCN5C(=O)C(NC(=O)OC)C(C)C)[nH]c4c3)CC[C@@H]2c2ccc3nc(C4CCCN4C(=O)[C@@H](NC(=O)OC)C(C)C)[nH]c3c2)cc1. The Labute approximate surface area is 403 Å². The van der Waals surface area contributed by atoms with Crippen molar-refractivity contribution in [1.29, 1.82) is 0 Å². The molecule has 18 heteroatoms. The Hall–Kier alpha value is -6.40. The minimum absolute atomic E-state index is 0.00597. The number of hydrogen-bond acceptors (Lipinski definition) is 12. The number of aromatic nitrogens is 4. The van der Waals surface area contributed by atoms with Gasteiger partial charge in [-0.3, -0.25) is 9.59 Å². The molecule has 0 aliphatic carbocycles. The summed E-state index contributed by atoms with van der Waals surface area (Å²) in [5.74, 6) is 1.63. The lowest BCUT2D eigenvalue weighted by Gasteiger charge is -2.33. The van der Waals surface area contributed by atoms with Crippen LogP contribution in [0.25, 0.3) is 22.1 Å². The van der Waals surface area contributed by atoms with Crippen molar-refractivity contribution >= 4 is 51.8 Å². The van der Waals surface area contributed by atoms with Crippen molar-refractivity contribution in [3.05, 3.63) is 83.4 Å². The summed E-state index contributed by atoms with van der Waals surface area (Å²) in [6.07, 6.45) is 3.66. The molecule has 4 N–H and O–H groups in total. The van der Waals surface area contributed by atoms with Gasteiger partial charge >= 0.3 is 12.2 Å². The van der Waals surface area contributed by atoms with E-state index in [0.717, 1.165) is 94.8 Å². The van der Waals surface area contributed by atoms with Crippen LogP contribution >= 0.6 is 0 Å². The fourth-order valence-electron chi connectivity index (χ4n) is 10.2. The molecule has 3 saturated heterocycles. The second kappa shape index (κ2) is 21.9. The summed E-state index contributed by atoms with van der Waals surface area (Å²) >= 11 is 0. The maximum atomic E-state index is 13.9. The number of hydrogen-bond donors (Lipinski definition) is 4. The van der Waals surface area contributed by atoms with Crippen LogP contribution in [0.1, 0.15) is 113 Å². The Bertz CT molecular complexity index is 2430. The molecule has 5 heterocycles. The molecule has 6 atom stereocenters. The highest BCUT2D eigenvalue weighted by Gasteiger charge is 2.40. The molecule has 18 nitrogen and oxygen atoms in total. The van der Waals surface area contributed by atoms with Gasteiger partial charge in [0.15, 0.2) is 0 Å². The van der Waals surface area contributed by atoms with Gasteiger partial charge < -0.3 is 59.0 Å². The number of fused-ring (bicyclic) bond motifs is 2. The fraction of sp³-hybridized carbons (Fsp3) is 0.529. The largest absolute Gasteiger partial charge is 0.491 e. The van der Waals surface area contributed by atoms with Gasteiger partial charge in [0.1, 0.15) is 36.1 Å². The molecule has 0 spiro atoms. The topological polar surface area (TPSA) is 206 Å². The molecule has 3 unspecified atom stereocenters. The first-order valence-corrected chi connectivity index (χ1v) is 24.3. The number of nitrogens with zero attached hydrogens (tertiary/aromatic N) is 5. The molecular weight excluding hydrogens is 883 g/mol. The number of carbonyl (C=O) groups excluding carboxylic acids is 4. The number of benzene rings is 3. The average molecular weight is 950 g/mol. The van der Waals surface area contributed by atoms with Crippen LogP contribution < -0.4 is 20.3 Å². The number of methoxy groups -OCH3 is 3. The third kappa shape index (κ3) is 10.8. The van der Waals surface area contributed by atoms with Crippen LogP contribution in [-0.2, 0) is 28.5 Å². The highest BCUT2D eigenvalue weighted by Crippen LogP contribution is 2.48. The molecule has 4 amide bonds. The third-order valence-corrected chi connectivity index (χ3v) is 13.8. The predicted molar refractivity (Wildman–Crippen MR) is 260 cm³/mol. The minimum atomic E-state index is -0.721. The first kappa shape index (κ1) is 49.0. The van der Waals surface area contributed by atoms with Crippen LogP contribution in [0.5, 0.6) is 5.75 Å². The van der Waals surface area contributed by atoms with Crippen LogP contribution in [0.3, 0.4) is 0 Å². The van der Waals surface area contributed by atoms with Crippen LogP contribution in [-0.4, -0.2) is 127 Å². The van der Waals surface area contributed by atoms with E-state index in [0.29, 0.717) is 39.5 Å². The summed E-state index contributed by atoms with van der Waals surface area (Å²) in [6, 6.07) is 19.1. The number of nitrogens with one attached hydrogen (secondary N) is 4. The second-order valence-corrected chi connectivity index (χ2v) is 18.9. The van der Waals surface area contributed by atoms with E-state index >= 15 is 0 Å². The summed E-state index contributed by atoms with van der Waals surface area (Å²) in [7, 11) is 4.24. The first-order chi connectivity index (χ1) is 33.4. The van der Waals surface area contributed by atoms with E-state index in [9.17, 15) is 19.2 Å². The van der Waals surface area contributed by atoms with E-state index in [-0.39, 0.29) is 47.8 Å². The van der Waals surface area contributed by atoms with Gasteiger partial charge in [0.25, 0.3) is 0 Å². The van der Waals surface area contributed by atoms with Gasteiger partial charge in [-0.05, 0) is 110 Å². The summed E-state index contributed by atoms with van der Waals surface area (Å²) < 4.78 is 26.4. The molecule has 0 radical (unpaired) electrons. The van der Waals surface area contributed by atoms with Gasteiger partial charge in [0, 0.05) is 25.9 Å². The molecule has 3 aliphatic heterocycles. The van der Waals surface area contributed by atoms with Crippen molar-refractivity contribution < 1.29 is 42.9 Å². The van der Waals surface area contributed by atoms with E-state index in [4.69, 9.17) is 33.7 Å². The maximum absolute atomic E-state index is 13.9. The number of alkyl carbamates (subject to hydrolysis) is 2. The Balaban J connectivity index is 1.07.